The van der Waals surface area contributed by atoms with Crippen LogP contribution in [0.2, 0.25) is 5.02 Å². The van der Waals surface area contributed by atoms with Gasteiger partial charge in [0.2, 0.25) is 0 Å². The highest BCUT2D eigenvalue weighted by atomic mass is 35.5. The molecule has 0 aromatic heterocycles. The molecule has 3 aromatic carbocycles. The van der Waals surface area contributed by atoms with E-state index < -0.39 is 44.9 Å². The molecule has 12 heteroatoms. The van der Waals surface area contributed by atoms with Crippen molar-refractivity contribution in [3.05, 3.63) is 88.9 Å². The number of halogens is 4. The number of carbonyl (C=O) groups excluding carboxylic acids is 1. The molecule has 7 nitrogen and oxygen atoms in total. The molecule has 0 aliphatic carbocycles. The molecule has 0 aliphatic rings. The molecule has 1 N–H and O–H groups in total. The number of benzene rings is 3. The molecule has 0 saturated heterocycles. The first-order chi connectivity index (χ1) is 16.5. The Morgan fingerprint density at radius 2 is 1.80 bits per heavy atom. The summed E-state index contributed by atoms with van der Waals surface area (Å²) in [6.45, 7) is -0.842. The van der Waals surface area contributed by atoms with Crippen molar-refractivity contribution in [2.45, 2.75) is 11.1 Å². The number of alkyl halides is 3. The van der Waals surface area contributed by atoms with Crippen molar-refractivity contribution in [2.24, 2.45) is 5.10 Å². The molecular formula is C23H19ClF3N3O4S. The van der Waals surface area contributed by atoms with Crippen molar-refractivity contribution < 1.29 is 31.1 Å². The van der Waals surface area contributed by atoms with Crippen LogP contribution >= 0.6 is 11.6 Å². The zero-order valence-electron chi connectivity index (χ0n) is 18.2. The Balaban J connectivity index is 1.92. The maximum atomic E-state index is 13.4. The third-order valence-electron chi connectivity index (χ3n) is 4.66. The van der Waals surface area contributed by atoms with Gasteiger partial charge in [-0.1, -0.05) is 41.9 Å². The van der Waals surface area contributed by atoms with Gasteiger partial charge in [-0.15, -0.1) is 0 Å². The zero-order chi connectivity index (χ0) is 25.6. The molecule has 35 heavy (non-hydrogen) atoms. The summed E-state index contributed by atoms with van der Waals surface area (Å²) >= 11 is 5.68. The van der Waals surface area contributed by atoms with Crippen LogP contribution in [0.15, 0.2) is 82.8 Å². The van der Waals surface area contributed by atoms with E-state index in [0.717, 1.165) is 12.1 Å². The molecule has 0 spiro atoms. The Morgan fingerprint density at radius 1 is 1.09 bits per heavy atom. The summed E-state index contributed by atoms with van der Waals surface area (Å²) in [6.07, 6.45) is -3.53. The standard InChI is InChI=1S/C23H19ClF3N3O4S/c1-34-18-7-5-6-16(12-18)14-28-29-22(31)15-30(35(32,33)19-8-3-2-4-9-19)17-10-11-21(24)20(13-17)23(25,26)27/h2-14H,15H2,1H3,(H,29,31)/b28-14-. The van der Waals surface area contributed by atoms with Crippen LogP contribution in [-0.4, -0.2) is 34.2 Å². The Labute approximate surface area is 204 Å². The van der Waals surface area contributed by atoms with Crippen LogP contribution in [0.25, 0.3) is 0 Å². The van der Waals surface area contributed by atoms with Crippen LogP contribution in [0.3, 0.4) is 0 Å². The quantitative estimate of drug-likeness (QED) is 0.341. The summed E-state index contributed by atoms with van der Waals surface area (Å²) in [6, 6.07) is 16.4. The maximum absolute atomic E-state index is 13.4. The predicted octanol–water partition coefficient (Wildman–Crippen LogP) is 4.71. The first-order valence-corrected chi connectivity index (χ1v) is 11.7. The minimum absolute atomic E-state index is 0.212. The Kier molecular flexibility index (Phi) is 8.03. The molecule has 0 heterocycles. The molecule has 3 rings (SSSR count). The van der Waals surface area contributed by atoms with Crippen LogP contribution < -0.4 is 14.5 Å². The van der Waals surface area contributed by atoms with E-state index in [2.05, 4.69) is 10.5 Å². The van der Waals surface area contributed by atoms with E-state index in [4.69, 9.17) is 16.3 Å². The number of sulfonamides is 1. The second-order valence-electron chi connectivity index (χ2n) is 7.06. The lowest BCUT2D eigenvalue weighted by atomic mass is 10.2. The number of ether oxygens (including phenoxy) is 1. The second kappa shape index (κ2) is 10.8. The number of anilines is 1. The fourth-order valence-corrected chi connectivity index (χ4v) is 4.65. The SMILES string of the molecule is COc1cccc(/C=N\NC(=O)CN(c2ccc(Cl)c(C(F)(F)F)c2)S(=O)(=O)c2ccccc2)c1. The lowest BCUT2D eigenvalue weighted by Gasteiger charge is -2.24. The number of carbonyl (C=O) groups is 1. The van der Waals surface area contributed by atoms with Gasteiger partial charge in [-0.05, 0) is 48.0 Å². The van der Waals surface area contributed by atoms with E-state index in [-0.39, 0.29) is 4.90 Å². The molecular weight excluding hydrogens is 507 g/mol. The number of hydrogen-bond donors (Lipinski definition) is 1. The van der Waals surface area contributed by atoms with Crippen molar-refractivity contribution in [1.29, 1.82) is 0 Å². The van der Waals surface area contributed by atoms with Crippen molar-refractivity contribution in [1.82, 2.24) is 5.43 Å². The van der Waals surface area contributed by atoms with Gasteiger partial charge < -0.3 is 4.74 Å². The predicted molar refractivity (Wildman–Crippen MR) is 126 cm³/mol. The van der Waals surface area contributed by atoms with Gasteiger partial charge in [-0.25, -0.2) is 13.8 Å². The number of methoxy groups -OCH3 is 1. The van der Waals surface area contributed by atoms with E-state index in [1.807, 2.05) is 0 Å². The summed E-state index contributed by atoms with van der Waals surface area (Å²) in [5.74, 6) is -0.323. The number of hydrazone groups is 1. The molecule has 0 saturated carbocycles. The molecule has 0 fully saturated rings. The maximum Gasteiger partial charge on any atom is 0.417 e. The van der Waals surface area contributed by atoms with E-state index in [9.17, 15) is 26.4 Å². The van der Waals surface area contributed by atoms with Crippen LogP contribution in [0.4, 0.5) is 18.9 Å². The summed E-state index contributed by atoms with van der Waals surface area (Å²) in [5.41, 5.74) is 1.15. The fourth-order valence-electron chi connectivity index (χ4n) is 2.99. The van der Waals surface area contributed by atoms with Crippen molar-refractivity contribution in [2.75, 3.05) is 18.0 Å². The second-order valence-corrected chi connectivity index (χ2v) is 9.33. The summed E-state index contributed by atoms with van der Waals surface area (Å²) in [4.78, 5) is 12.4. The first-order valence-electron chi connectivity index (χ1n) is 9.93. The fraction of sp³-hybridized carbons (Fsp3) is 0.130. The normalized spacial score (nSPS) is 11.9. The Morgan fingerprint density at radius 3 is 2.46 bits per heavy atom. The van der Waals surface area contributed by atoms with Crippen LogP contribution in [-0.2, 0) is 21.0 Å². The molecule has 0 atom stereocenters. The lowest BCUT2D eigenvalue weighted by molar-refractivity contribution is -0.137. The number of rotatable bonds is 8. The van der Waals surface area contributed by atoms with Crippen molar-refractivity contribution in [3.8, 4) is 5.75 Å². The summed E-state index contributed by atoms with van der Waals surface area (Å²) in [7, 11) is -2.93. The highest BCUT2D eigenvalue weighted by molar-refractivity contribution is 7.92. The molecule has 0 unspecified atom stereocenters. The van der Waals surface area contributed by atoms with E-state index in [1.165, 1.54) is 37.6 Å². The molecule has 0 aliphatic heterocycles. The van der Waals surface area contributed by atoms with Gasteiger partial charge >= 0.3 is 6.18 Å². The minimum atomic E-state index is -4.83. The molecule has 3 aromatic rings. The number of hydrogen-bond acceptors (Lipinski definition) is 5. The minimum Gasteiger partial charge on any atom is -0.497 e. The average Bonchev–Trinajstić information content (AvgIpc) is 2.83. The van der Waals surface area contributed by atoms with Gasteiger partial charge in [-0.3, -0.25) is 9.10 Å². The number of nitrogens with zero attached hydrogens (tertiary/aromatic N) is 2. The monoisotopic (exact) mass is 525 g/mol. The highest BCUT2D eigenvalue weighted by Gasteiger charge is 2.35. The summed E-state index contributed by atoms with van der Waals surface area (Å²) in [5, 5.41) is 3.18. The molecule has 184 valence electrons. The van der Waals surface area contributed by atoms with Gasteiger partial charge in [0.05, 0.1) is 34.5 Å². The number of amides is 1. The Hall–Kier alpha value is -3.57. The van der Waals surface area contributed by atoms with Gasteiger partial charge in [-0.2, -0.15) is 18.3 Å². The first kappa shape index (κ1) is 26.0. The molecule has 0 radical (unpaired) electrons. The van der Waals surface area contributed by atoms with E-state index in [0.29, 0.717) is 21.7 Å². The zero-order valence-corrected chi connectivity index (χ0v) is 19.7. The Bertz CT molecular complexity index is 1330. The topological polar surface area (TPSA) is 88.1 Å². The van der Waals surface area contributed by atoms with Crippen molar-refractivity contribution >= 4 is 39.4 Å². The lowest BCUT2D eigenvalue weighted by Crippen LogP contribution is -2.39. The van der Waals surface area contributed by atoms with Crippen LogP contribution in [0.5, 0.6) is 5.75 Å². The van der Waals surface area contributed by atoms with E-state index >= 15 is 0 Å². The number of nitrogens with one attached hydrogen (secondary N) is 1. The summed E-state index contributed by atoms with van der Waals surface area (Å²) < 4.78 is 72.4. The molecule has 0 bridgehead atoms. The third-order valence-corrected chi connectivity index (χ3v) is 6.78. The van der Waals surface area contributed by atoms with Crippen LogP contribution in [0.1, 0.15) is 11.1 Å². The highest BCUT2D eigenvalue weighted by Crippen LogP contribution is 2.38. The van der Waals surface area contributed by atoms with Gasteiger partial charge in [0, 0.05) is 0 Å². The van der Waals surface area contributed by atoms with Gasteiger partial charge in [0.1, 0.15) is 12.3 Å². The molecule has 1 amide bonds. The van der Waals surface area contributed by atoms with Gasteiger partial charge in [0.25, 0.3) is 15.9 Å². The third kappa shape index (κ3) is 6.52. The van der Waals surface area contributed by atoms with Gasteiger partial charge in [0.15, 0.2) is 0 Å². The smallest absolute Gasteiger partial charge is 0.417 e. The largest absolute Gasteiger partial charge is 0.497 e. The van der Waals surface area contributed by atoms with Crippen molar-refractivity contribution in [3.63, 3.8) is 0 Å². The van der Waals surface area contributed by atoms with Crippen LogP contribution in [0, 0.1) is 0 Å². The average molecular weight is 526 g/mol. The van der Waals surface area contributed by atoms with E-state index in [1.54, 1.807) is 30.3 Å².